The molecule has 0 bridgehead atoms. The number of fused-ring (bicyclic) bond motifs is 1. The normalized spacial score (nSPS) is 10.8. The quantitative estimate of drug-likeness (QED) is 0.674. The second-order valence-electron chi connectivity index (χ2n) is 4.12. The molecule has 0 amide bonds. The summed E-state index contributed by atoms with van der Waals surface area (Å²) in [5.74, 6) is -3.18. The minimum Gasteiger partial charge on any atom is -0.465 e. The number of pyridine rings is 1. The molecule has 2 aromatic heterocycles. The Balaban J connectivity index is 2.18. The fourth-order valence-electron chi connectivity index (χ4n) is 1.92. The van der Waals surface area contributed by atoms with Gasteiger partial charge in [0, 0.05) is 18.3 Å². The van der Waals surface area contributed by atoms with Crippen LogP contribution in [0.5, 0.6) is 0 Å². The van der Waals surface area contributed by atoms with Crippen molar-refractivity contribution >= 4 is 17.1 Å². The van der Waals surface area contributed by atoms with E-state index in [2.05, 4.69) is 20.0 Å². The third-order valence-corrected chi connectivity index (χ3v) is 2.87. The van der Waals surface area contributed by atoms with E-state index >= 15 is 0 Å². The zero-order valence-corrected chi connectivity index (χ0v) is 10.7. The summed E-state index contributed by atoms with van der Waals surface area (Å²) in [7, 11) is 1.05. The van der Waals surface area contributed by atoms with Gasteiger partial charge in [-0.25, -0.2) is 18.6 Å². The van der Waals surface area contributed by atoms with Gasteiger partial charge in [-0.2, -0.15) is 4.68 Å². The van der Waals surface area contributed by atoms with Crippen LogP contribution in [0, 0.1) is 11.6 Å². The van der Waals surface area contributed by atoms with Gasteiger partial charge in [0.25, 0.3) is 0 Å². The maximum atomic E-state index is 13.9. The zero-order chi connectivity index (χ0) is 15.0. The second-order valence-corrected chi connectivity index (χ2v) is 4.12. The molecule has 0 fully saturated rings. The molecule has 0 aliphatic rings. The van der Waals surface area contributed by atoms with Crippen LogP contribution in [0.25, 0.3) is 16.9 Å². The van der Waals surface area contributed by atoms with Gasteiger partial charge in [0.05, 0.1) is 12.8 Å². The first-order chi connectivity index (χ1) is 10.1. The van der Waals surface area contributed by atoms with Gasteiger partial charge in [0.1, 0.15) is 22.7 Å². The summed E-state index contributed by atoms with van der Waals surface area (Å²) < 4.78 is 33.4. The average molecular weight is 290 g/mol. The van der Waals surface area contributed by atoms with Crippen molar-refractivity contribution in [2.24, 2.45) is 0 Å². The molecule has 1 aromatic carbocycles. The maximum Gasteiger partial charge on any atom is 0.343 e. The van der Waals surface area contributed by atoms with Crippen molar-refractivity contribution in [2.45, 2.75) is 0 Å². The Bertz CT molecular complexity index is 824. The number of carbonyl (C=O) groups excluding carboxylic acids is 1. The van der Waals surface area contributed by atoms with Crippen LogP contribution in [0.15, 0.2) is 30.5 Å². The number of halogens is 2. The first-order valence-corrected chi connectivity index (χ1v) is 5.86. The van der Waals surface area contributed by atoms with Crippen molar-refractivity contribution in [2.75, 3.05) is 7.11 Å². The number of hydrogen-bond donors (Lipinski definition) is 0. The van der Waals surface area contributed by atoms with Crippen LogP contribution in [0.4, 0.5) is 8.78 Å². The molecule has 106 valence electrons. The van der Waals surface area contributed by atoms with E-state index in [-0.39, 0.29) is 5.69 Å². The molecule has 21 heavy (non-hydrogen) atoms. The molecular formula is C13H8F2N4O2. The number of nitrogens with zero attached hydrogens (tertiary/aromatic N) is 4. The molecule has 8 heteroatoms. The van der Waals surface area contributed by atoms with Gasteiger partial charge in [0.2, 0.25) is 0 Å². The molecule has 0 spiro atoms. The number of methoxy groups -OCH3 is 1. The molecule has 0 atom stereocenters. The number of rotatable bonds is 2. The second kappa shape index (κ2) is 4.89. The van der Waals surface area contributed by atoms with E-state index in [1.165, 1.54) is 10.9 Å². The van der Waals surface area contributed by atoms with Crippen LogP contribution in [0.3, 0.4) is 0 Å². The van der Waals surface area contributed by atoms with E-state index in [1.807, 2.05) is 0 Å². The highest BCUT2D eigenvalue weighted by atomic mass is 19.1. The lowest BCUT2D eigenvalue weighted by Crippen LogP contribution is -2.10. The number of carbonyl (C=O) groups is 1. The SMILES string of the molecule is COC(=O)c1c(F)cc(-n2nnc3cccnc32)cc1F. The lowest BCUT2D eigenvalue weighted by molar-refractivity contribution is 0.0590. The van der Waals surface area contributed by atoms with Crippen molar-refractivity contribution in [1.82, 2.24) is 20.0 Å². The molecule has 3 rings (SSSR count). The van der Waals surface area contributed by atoms with Gasteiger partial charge in [-0.15, -0.1) is 5.10 Å². The molecule has 0 N–H and O–H groups in total. The highest BCUT2D eigenvalue weighted by molar-refractivity contribution is 5.90. The summed E-state index contributed by atoms with van der Waals surface area (Å²) >= 11 is 0. The smallest absolute Gasteiger partial charge is 0.343 e. The predicted molar refractivity (Wildman–Crippen MR) is 67.9 cm³/mol. The van der Waals surface area contributed by atoms with Gasteiger partial charge in [-0.1, -0.05) is 5.21 Å². The molecule has 2 heterocycles. The number of aromatic nitrogens is 4. The standard InChI is InChI=1S/C13H8F2N4O2/c1-21-13(20)11-8(14)5-7(6-9(11)15)19-12-10(17-18-19)3-2-4-16-12/h2-6H,1H3. The van der Waals surface area contributed by atoms with Crippen LogP contribution in [0.2, 0.25) is 0 Å². The lowest BCUT2D eigenvalue weighted by Gasteiger charge is -2.06. The Hall–Kier alpha value is -2.90. The molecule has 0 unspecified atom stereocenters. The van der Waals surface area contributed by atoms with Crippen molar-refractivity contribution in [1.29, 1.82) is 0 Å². The zero-order valence-electron chi connectivity index (χ0n) is 10.7. The van der Waals surface area contributed by atoms with Crippen molar-refractivity contribution in [3.8, 4) is 5.69 Å². The summed E-state index contributed by atoms with van der Waals surface area (Å²) in [5.41, 5.74) is 0.148. The van der Waals surface area contributed by atoms with Gasteiger partial charge >= 0.3 is 5.97 Å². The summed E-state index contributed by atoms with van der Waals surface area (Å²) in [6, 6.07) is 5.28. The van der Waals surface area contributed by atoms with Crippen molar-refractivity contribution < 1.29 is 18.3 Å². The average Bonchev–Trinajstić information content (AvgIpc) is 2.90. The molecular weight excluding hydrogens is 282 g/mol. The Morgan fingerprint density at radius 2 is 2.00 bits per heavy atom. The van der Waals surface area contributed by atoms with E-state index in [4.69, 9.17) is 0 Å². The first-order valence-electron chi connectivity index (χ1n) is 5.86. The molecule has 0 aliphatic heterocycles. The lowest BCUT2D eigenvalue weighted by atomic mass is 10.1. The van der Waals surface area contributed by atoms with E-state index in [0.29, 0.717) is 11.2 Å². The molecule has 0 saturated carbocycles. The van der Waals surface area contributed by atoms with Gasteiger partial charge in [0.15, 0.2) is 5.65 Å². The summed E-state index contributed by atoms with van der Waals surface area (Å²) in [6.07, 6.45) is 1.51. The van der Waals surface area contributed by atoms with Crippen LogP contribution < -0.4 is 0 Å². The number of ether oxygens (including phenoxy) is 1. The summed E-state index contributed by atoms with van der Waals surface area (Å²) in [4.78, 5) is 15.4. The first kappa shape index (κ1) is 13.1. The monoisotopic (exact) mass is 290 g/mol. The summed E-state index contributed by atoms with van der Waals surface area (Å²) in [5, 5.41) is 7.64. The van der Waals surface area contributed by atoms with Crippen LogP contribution in [-0.4, -0.2) is 33.1 Å². The number of benzene rings is 1. The Kier molecular flexibility index (Phi) is 3.05. The van der Waals surface area contributed by atoms with Crippen molar-refractivity contribution in [3.05, 3.63) is 47.7 Å². The minimum absolute atomic E-state index is 0.0684. The Morgan fingerprint density at radius 3 is 2.67 bits per heavy atom. The topological polar surface area (TPSA) is 69.9 Å². The Labute approximate surface area is 117 Å². The highest BCUT2D eigenvalue weighted by Gasteiger charge is 2.20. The van der Waals surface area contributed by atoms with Crippen molar-refractivity contribution in [3.63, 3.8) is 0 Å². The summed E-state index contributed by atoms with van der Waals surface area (Å²) in [6.45, 7) is 0. The molecule has 6 nitrogen and oxygen atoms in total. The van der Waals surface area contributed by atoms with E-state index in [1.54, 1.807) is 12.1 Å². The molecule has 0 aliphatic carbocycles. The molecule has 0 saturated heterocycles. The third-order valence-electron chi connectivity index (χ3n) is 2.87. The fraction of sp³-hybridized carbons (Fsp3) is 0.0769. The minimum atomic E-state index is -1.09. The van der Waals surface area contributed by atoms with E-state index in [9.17, 15) is 13.6 Å². The fourth-order valence-corrected chi connectivity index (χ4v) is 1.92. The van der Waals surface area contributed by atoms with Gasteiger partial charge < -0.3 is 4.74 Å². The number of esters is 1. The maximum absolute atomic E-state index is 13.9. The molecule has 0 radical (unpaired) electrons. The van der Waals surface area contributed by atoms with Crippen LogP contribution in [-0.2, 0) is 4.74 Å². The van der Waals surface area contributed by atoms with Crippen LogP contribution in [0.1, 0.15) is 10.4 Å². The van der Waals surface area contributed by atoms with E-state index < -0.39 is 23.2 Å². The number of hydrogen-bond acceptors (Lipinski definition) is 5. The Morgan fingerprint density at radius 1 is 1.29 bits per heavy atom. The van der Waals surface area contributed by atoms with Gasteiger partial charge in [-0.3, -0.25) is 0 Å². The third kappa shape index (κ3) is 2.10. The highest BCUT2D eigenvalue weighted by Crippen LogP contribution is 2.20. The molecule has 3 aromatic rings. The van der Waals surface area contributed by atoms with E-state index in [0.717, 1.165) is 19.2 Å². The predicted octanol–water partition coefficient (Wildman–Crippen LogP) is 1.88. The van der Waals surface area contributed by atoms with Crippen LogP contribution >= 0.6 is 0 Å². The van der Waals surface area contributed by atoms with Gasteiger partial charge in [-0.05, 0) is 12.1 Å². The largest absolute Gasteiger partial charge is 0.465 e.